The molecule has 66 valence electrons. The van der Waals surface area contributed by atoms with Crippen LogP contribution in [0.1, 0.15) is 13.8 Å². The average molecular weight is 346 g/mol. The van der Waals surface area contributed by atoms with E-state index in [1.165, 1.54) is 0 Å². The van der Waals surface area contributed by atoms with Gasteiger partial charge in [-0.25, -0.2) is 0 Å². The van der Waals surface area contributed by atoms with Gasteiger partial charge in [0.25, 0.3) is 0 Å². The molecule has 12 heavy (non-hydrogen) atoms. The maximum atomic E-state index is 5.22. The average Bonchev–Trinajstić information content (AvgIpc) is 2.30. The molecule has 0 aromatic carbocycles. The fourth-order valence-electron chi connectivity index (χ4n) is 0.929. The van der Waals surface area contributed by atoms with Crippen LogP contribution < -0.4 is 7.55 Å². The van der Waals surface area contributed by atoms with E-state index in [-0.39, 0.29) is 0 Å². The van der Waals surface area contributed by atoms with Gasteiger partial charge in [0, 0.05) is 0 Å². The van der Waals surface area contributed by atoms with Gasteiger partial charge in [0.05, 0.1) is 0 Å². The first-order chi connectivity index (χ1) is 5.66. The maximum absolute atomic E-state index is 5.22. The van der Waals surface area contributed by atoms with Gasteiger partial charge in [-0.1, -0.05) is 0 Å². The molecular weight excluding hydrogens is 338 g/mol. The summed E-state index contributed by atoms with van der Waals surface area (Å²) < 4.78 is 4.45. The quantitative estimate of drug-likeness (QED) is 0.510. The molecule has 1 aromatic rings. The normalized spacial score (nSPS) is 28.5. The van der Waals surface area contributed by atoms with Crippen molar-refractivity contribution in [2.75, 3.05) is 0 Å². The van der Waals surface area contributed by atoms with Gasteiger partial charge < -0.3 is 0 Å². The molecule has 2 rings (SSSR count). The molecule has 1 aliphatic heterocycles. The second kappa shape index (κ2) is 3.82. The first-order valence-corrected chi connectivity index (χ1v) is 9.37. The molecule has 0 fully saturated rings. The van der Waals surface area contributed by atoms with E-state index < -0.39 is 0 Å². The van der Waals surface area contributed by atoms with Crippen LogP contribution in [0.25, 0.3) is 0 Å². The zero-order chi connectivity index (χ0) is 8.72. The summed E-state index contributed by atoms with van der Waals surface area (Å²) in [5.41, 5.74) is 0. The van der Waals surface area contributed by atoms with E-state index in [0.717, 1.165) is 12.8 Å². The molecule has 0 saturated carbocycles. The Morgan fingerprint density at radius 3 is 1.92 bits per heavy atom. The van der Waals surface area contributed by atoms with E-state index in [0.29, 0.717) is 29.9 Å². The van der Waals surface area contributed by atoms with Crippen molar-refractivity contribution in [3.8, 4) is 0 Å². The molecule has 0 spiro atoms. The van der Waals surface area contributed by atoms with E-state index >= 15 is 0 Å². The summed E-state index contributed by atoms with van der Waals surface area (Å²) >= 11 is 10.4. The van der Waals surface area contributed by atoms with Crippen molar-refractivity contribution in [2.45, 2.75) is 23.5 Å². The van der Waals surface area contributed by atoms with Crippen LogP contribution in [0.2, 0.25) is 9.63 Å². The zero-order valence-corrected chi connectivity index (χ0v) is 12.6. The van der Waals surface area contributed by atoms with Crippen molar-refractivity contribution in [2.24, 2.45) is 0 Å². The van der Waals surface area contributed by atoms with Crippen LogP contribution >= 0.6 is 34.9 Å². The first-order valence-electron chi connectivity index (χ1n) is 3.64. The van der Waals surface area contributed by atoms with Gasteiger partial charge in [-0.2, -0.15) is 0 Å². The minimum atomic E-state index is 0.715. The van der Waals surface area contributed by atoms with Crippen LogP contribution in [0.3, 0.4) is 0 Å². The van der Waals surface area contributed by atoms with E-state index in [4.69, 9.17) is 12.2 Å². The molecule has 0 saturated heterocycles. The molecule has 1 aliphatic rings. The standard InChI is InChI=1S/C7H8S3Se2/c1-3-4(2)12-6-5(11-3)9-7(8)10-6/h3-4H,1-2H3. The Labute approximate surface area is 98.1 Å². The zero-order valence-electron chi connectivity index (χ0n) is 6.70. The number of rotatable bonds is 0. The van der Waals surface area contributed by atoms with Gasteiger partial charge in [0.15, 0.2) is 0 Å². The third kappa shape index (κ3) is 1.88. The Hall–Kier alpha value is 1.31. The van der Waals surface area contributed by atoms with Crippen LogP contribution in [-0.4, -0.2) is 29.9 Å². The Balaban J connectivity index is 2.39. The van der Waals surface area contributed by atoms with Crippen LogP contribution in [0.5, 0.6) is 0 Å². The Morgan fingerprint density at radius 1 is 1.08 bits per heavy atom. The second-order valence-electron chi connectivity index (χ2n) is 2.67. The summed E-state index contributed by atoms with van der Waals surface area (Å²) in [6.07, 6.45) is 0. The van der Waals surface area contributed by atoms with E-state index in [1.807, 2.05) is 22.7 Å². The van der Waals surface area contributed by atoms with Crippen molar-refractivity contribution in [3.05, 3.63) is 3.14 Å². The Bertz CT molecular complexity index is 310. The summed E-state index contributed by atoms with van der Waals surface area (Å²) in [6.45, 7) is 4.78. The molecule has 0 amide bonds. The fraction of sp³-hybridized carbons (Fsp3) is 0.571. The molecule has 2 unspecified atom stereocenters. The van der Waals surface area contributed by atoms with E-state index in [9.17, 15) is 0 Å². The van der Waals surface area contributed by atoms with Crippen LogP contribution in [0, 0.1) is 3.14 Å². The topological polar surface area (TPSA) is 0 Å². The van der Waals surface area contributed by atoms with E-state index in [2.05, 4.69) is 13.8 Å². The number of hydrogen-bond acceptors (Lipinski definition) is 3. The predicted molar refractivity (Wildman–Crippen MR) is 62.7 cm³/mol. The van der Waals surface area contributed by atoms with Gasteiger partial charge >= 0.3 is 99.0 Å². The van der Waals surface area contributed by atoms with Gasteiger partial charge in [0.1, 0.15) is 0 Å². The predicted octanol–water partition coefficient (Wildman–Crippen LogP) is 1.83. The molecule has 0 radical (unpaired) electrons. The van der Waals surface area contributed by atoms with Crippen LogP contribution in [0.15, 0.2) is 0 Å². The second-order valence-corrected chi connectivity index (χ2v) is 12.9. The summed E-state index contributed by atoms with van der Waals surface area (Å²) in [5.74, 6) is 0. The molecule has 0 nitrogen and oxygen atoms in total. The van der Waals surface area contributed by atoms with Crippen molar-refractivity contribution in [3.63, 3.8) is 0 Å². The minimum absolute atomic E-state index is 0.715. The summed E-state index contributed by atoms with van der Waals surface area (Å²) in [7, 11) is 0. The fourth-order valence-corrected chi connectivity index (χ4v) is 13.5. The third-order valence-corrected chi connectivity index (χ3v) is 13.2. The summed E-state index contributed by atoms with van der Waals surface area (Å²) in [5, 5.41) is 0. The van der Waals surface area contributed by atoms with Crippen molar-refractivity contribution >= 4 is 72.4 Å². The number of fused-ring (bicyclic) bond motifs is 1. The van der Waals surface area contributed by atoms with E-state index in [1.54, 1.807) is 7.55 Å². The molecule has 2 atom stereocenters. The number of hydrogen-bond donors (Lipinski definition) is 0. The summed E-state index contributed by atoms with van der Waals surface area (Å²) in [4.78, 5) is 1.87. The third-order valence-electron chi connectivity index (χ3n) is 1.77. The summed E-state index contributed by atoms with van der Waals surface area (Å²) in [6, 6.07) is 0. The van der Waals surface area contributed by atoms with Gasteiger partial charge in [-0.15, -0.1) is 0 Å². The Kier molecular flexibility index (Phi) is 3.13. The molecular formula is C7H8S3Se2. The van der Waals surface area contributed by atoms with Gasteiger partial charge in [-0.3, -0.25) is 0 Å². The van der Waals surface area contributed by atoms with Crippen molar-refractivity contribution in [1.82, 2.24) is 0 Å². The molecule has 0 bridgehead atoms. The monoisotopic (exact) mass is 348 g/mol. The van der Waals surface area contributed by atoms with Gasteiger partial charge in [0.2, 0.25) is 0 Å². The van der Waals surface area contributed by atoms with Crippen molar-refractivity contribution < 1.29 is 0 Å². The molecule has 0 aliphatic carbocycles. The first kappa shape index (κ1) is 9.85. The molecule has 0 N–H and O–H groups in total. The van der Waals surface area contributed by atoms with Crippen LogP contribution in [0.4, 0.5) is 0 Å². The van der Waals surface area contributed by atoms with Crippen LogP contribution in [-0.2, 0) is 0 Å². The Morgan fingerprint density at radius 2 is 1.50 bits per heavy atom. The van der Waals surface area contributed by atoms with Crippen molar-refractivity contribution in [1.29, 1.82) is 0 Å². The molecule has 2 heterocycles. The van der Waals surface area contributed by atoms with Gasteiger partial charge in [-0.05, 0) is 0 Å². The SMILES string of the molecule is CC1[Se]c2sc(=S)sc2[Se]C1C. The molecule has 1 aromatic heterocycles. The molecule has 5 heteroatoms.